The highest BCUT2D eigenvalue weighted by molar-refractivity contribution is 5.98. The van der Waals surface area contributed by atoms with Crippen LogP contribution in [0.25, 0.3) is 12.2 Å². The first-order valence-electron chi connectivity index (χ1n) is 25.9. The van der Waals surface area contributed by atoms with Gasteiger partial charge in [0.05, 0.1) is 23.9 Å². The minimum Gasteiger partial charge on any atom is -0.508 e. The summed E-state index contributed by atoms with van der Waals surface area (Å²) in [5.74, 6) is -4.66. The molecule has 18 heteroatoms. The fourth-order valence-corrected chi connectivity index (χ4v) is 9.03. The number of fused-ring (bicyclic) bond motifs is 4. The summed E-state index contributed by atoms with van der Waals surface area (Å²) in [6.07, 6.45) is 9.58. The molecule has 0 radical (unpaired) electrons. The van der Waals surface area contributed by atoms with E-state index < -0.39 is 72.0 Å². The van der Waals surface area contributed by atoms with Gasteiger partial charge < -0.3 is 59.4 Å². The molecule has 420 valence electrons. The van der Waals surface area contributed by atoms with Gasteiger partial charge in [0.1, 0.15) is 65.0 Å². The van der Waals surface area contributed by atoms with Crippen molar-refractivity contribution in [3.05, 3.63) is 135 Å². The molecule has 7 rings (SSSR count). The van der Waals surface area contributed by atoms with E-state index in [2.05, 4.69) is 0 Å². The molecule has 0 unspecified atom stereocenters. The van der Waals surface area contributed by atoms with Crippen molar-refractivity contribution in [1.82, 2.24) is 0 Å². The van der Waals surface area contributed by atoms with Crippen molar-refractivity contribution in [1.29, 1.82) is 0 Å². The number of benzene rings is 3. The Morgan fingerprint density at radius 1 is 0.500 bits per heavy atom. The van der Waals surface area contributed by atoms with Gasteiger partial charge in [0.2, 0.25) is 0 Å². The molecule has 78 heavy (non-hydrogen) atoms. The maximum Gasteiger partial charge on any atom is 0.342 e. The first-order chi connectivity index (χ1) is 36.7. The summed E-state index contributed by atoms with van der Waals surface area (Å²) in [5, 5.41) is 69.3. The van der Waals surface area contributed by atoms with E-state index >= 15 is 0 Å². The van der Waals surface area contributed by atoms with Crippen LogP contribution in [0, 0.1) is 20.8 Å². The standard InChI is InChI=1S/C23H28O5.C19H22O6.C18H22O7/c1-14-12-15(2)20-17(13-14)9-7-11-19-21(28-23(4,5)27-19)18(24)10-6-8-16(3)26-22(20)25;1-11-9-13-6-4-8-15(21)18(23)14(20)7-3-5-12(2)25-19(24)17(13)16(22)10-11;1-10-4-2-6-13(20)17(23)14(21)7-3-5-11-8-12(19)9-15(22)16(11)18(24)25-10/h6-7,9-10,12-13,16,19,21H,8,11H2,1-5H3;3-4,6-7,9-10,12,15,18,21-23H,5,8H2,1-2H3;2,6,8-10,14,17,19,21-23H,3-5,7H2,1H3/b9-7+,10-6-;6-4+,7-3-;6-2-/t16-,19-,21+;12-,15-,18+;10-,14-,17+/m000/s1. The SMILES string of the molecule is C[C@H]1C/C=C\C(=O)[C@@H](O)[C@@H](O)CCCc2cc(O)cc(O)c2C(=O)O1.Cc1cc(C)c2c(c1)/C=C/C[C@@H]1OC(C)(C)O[C@@H]1C(=O)/C=C\C[C@H](C)OC2=O.Cc1cc(O)c2c(c1)/C=C/C[C@H](O)[C@H](O)C(=O)/C=C\C[C@H](C)OC2=O. The van der Waals surface area contributed by atoms with E-state index in [1.165, 1.54) is 42.5 Å². The second kappa shape index (κ2) is 28.0. The van der Waals surface area contributed by atoms with Crippen LogP contribution in [0.2, 0.25) is 0 Å². The Balaban J connectivity index is 0.000000216. The number of aliphatic hydroxyl groups is 4. The summed E-state index contributed by atoms with van der Waals surface area (Å²) in [7, 11) is 0. The Morgan fingerprint density at radius 2 is 0.962 bits per heavy atom. The Morgan fingerprint density at radius 3 is 1.54 bits per heavy atom. The van der Waals surface area contributed by atoms with Gasteiger partial charge in [-0.15, -0.1) is 0 Å². The minimum absolute atomic E-state index is 0.0142. The number of carbonyl (C=O) groups is 6. The van der Waals surface area contributed by atoms with Crippen molar-refractivity contribution in [2.24, 2.45) is 0 Å². The van der Waals surface area contributed by atoms with Crippen LogP contribution in [-0.2, 0) is 44.5 Å². The topological polar surface area (TPSA) is 290 Å². The van der Waals surface area contributed by atoms with E-state index in [9.17, 15) is 64.5 Å². The fraction of sp³-hybridized carbons (Fsp3) is 0.433. The number of carbonyl (C=O) groups excluding carboxylic acids is 6. The molecule has 1 saturated heterocycles. The van der Waals surface area contributed by atoms with Gasteiger partial charge in [0.25, 0.3) is 0 Å². The summed E-state index contributed by atoms with van der Waals surface area (Å²) in [6.45, 7) is 14.4. The number of hydrogen-bond acceptors (Lipinski definition) is 18. The van der Waals surface area contributed by atoms with Crippen LogP contribution in [-0.4, -0.2) is 132 Å². The van der Waals surface area contributed by atoms with E-state index in [0.717, 1.165) is 34.4 Å². The number of hydrogen-bond donors (Lipinski definition) is 7. The largest absolute Gasteiger partial charge is 0.508 e. The molecule has 0 aliphatic carbocycles. The van der Waals surface area contributed by atoms with Gasteiger partial charge in [-0.05, 0) is 146 Å². The number of phenolic OH excluding ortho intramolecular Hbond substituents is 3. The van der Waals surface area contributed by atoms with Gasteiger partial charge >= 0.3 is 17.9 Å². The molecule has 3 aromatic carbocycles. The van der Waals surface area contributed by atoms with Crippen LogP contribution >= 0.6 is 0 Å². The molecule has 4 aliphatic heterocycles. The maximum atomic E-state index is 12.8. The van der Waals surface area contributed by atoms with Gasteiger partial charge in [-0.2, -0.15) is 0 Å². The molecule has 4 aliphatic rings. The predicted molar refractivity (Wildman–Crippen MR) is 288 cm³/mol. The molecule has 0 amide bonds. The molecule has 1 fully saturated rings. The fourth-order valence-electron chi connectivity index (χ4n) is 9.03. The first kappa shape index (κ1) is 61.8. The first-order valence-corrected chi connectivity index (χ1v) is 25.9. The lowest BCUT2D eigenvalue weighted by atomic mass is 9.97. The second-order valence-electron chi connectivity index (χ2n) is 20.3. The maximum absolute atomic E-state index is 12.8. The zero-order valence-corrected chi connectivity index (χ0v) is 45.2. The number of aromatic hydroxyl groups is 3. The third kappa shape index (κ3) is 17.5. The monoisotopic (exact) mass is 1080 g/mol. The molecule has 7 N–H and O–H groups in total. The van der Waals surface area contributed by atoms with Gasteiger partial charge in [0.15, 0.2) is 23.1 Å². The number of rotatable bonds is 0. The Kier molecular flexibility index (Phi) is 22.2. The number of phenols is 3. The third-order valence-corrected chi connectivity index (χ3v) is 12.8. The second-order valence-corrected chi connectivity index (χ2v) is 20.3. The van der Waals surface area contributed by atoms with Gasteiger partial charge in [-0.3, -0.25) is 14.4 Å². The molecule has 0 saturated carbocycles. The summed E-state index contributed by atoms with van der Waals surface area (Å²) < 4.78 is 28.0. The summed E-state index contributed by atoms with van der Waals surface area (Å²) in [6, 6.07) is 9.53. The summed E-state index contributed by atoms with van der Waals surface area (Å²) >= 11 is 0. The highest BCUT2D eigenvalue weighted by Gasteiger charge is 2.43. The molecule has 9 atom stereocenters. The molecule has 4 heterocycles. The zero-order chi connectivity index (χ0) is 57.6. The lowest BCUT2D eigenvalue weighted by Crippen LogP contribution is -2.33. The third-order valence-electron chi connectivity index (χ3n) is 12.8. The van der Waals surface area contributed by atoms with Crippen LogP contribution in [0.15, 0.2) is 85.0 Å². The molecule has 0 bridgehead atoms. The van der Waals surface area contributed by atoms with E-state index in [4.69, 9.17) is 23.7 Å². The molecular formula is C60H72O18. The number of ketones is 3. The number of ether oxygens (including phenoxy) is 5. The minimum atomic E-state index is -1.52. The number of aliphatic hydroxyl groups excluding tert-OH is 4. The number of esters is 3. The number of cyclic esters (lactones) is 3. The lowest BCUT2D eigenvalue weighted by Gasteiger charge is -2.18. The Hall–Kier alpha value is -7.06. The average Bonchev–Trinajstić information content (AvgIpc) is 3.65. The predicted octanol–water partition coefficient (Wildman–Crippen LogP) is 7.42. The lowest BCUT2D eigenvalue weighted by molar-refractivity contribution is -0.152. The van der Waals surface area contributed by atoms with Crippen molar-refractivity contribution >= 4 is 47.4 Å². The molecular weight excluding hydrogens is 1010 g/mol. The van der Waals surface area contributed by atoms with E-state index in [1.54, 1.807) is 39.0 Å². The van der Waals surface area contributed by atoms with Crippen molar-refractivity contribution in [3.63, 3.8) is 0 Å². The van der Waals surface area contributed by atoms with Crippen LogP contribution in [0.1, 0.15) is 144 Å². The van der Waals surface area contributed by atoms with Crippen molar-refractivity contribution < 1.29 is 88.2 Å². The quantitative estimate of drug-likeness (QED) is 0.0851. The summed E-state index contributed by atoms with van der Waals surface area (Å²) in [4.78, 5) is 73.7. The van der Waals surface area contributed by atoms with Gasteiger partial charge in [-0.1, -0.05) is 66.3 Å². The molecule has 3 aromatic rings. The molecule has 18 nitrogen and oxygen atoms in total. The van der Waals surface area contributed by atoms with Crippen LogP contribution in [0.4, 0.5) is 0 Å². The smallest absolute Gasteiger partial charge is 0.342 e. The molecule has 0 spiro atoms. The normalized spacial score (nSPS) is 28.3. The average molecular weight is 1080 g/mol. The van der Waals surface area contributed by atoms with Gasteiger partial charge in [0, 0.05) is 25.3 Å². The van der Waals surface area contributed by atoms with Crippen molar-refractivity contribution in [2.45, 2.75) is 167 Å². The van der Waals surface area contributed by atoms with Gasteiger partial charge in [-0.25, -0.2) is 14.4 Å². The highest BCUT2D eigenvalue weighted by atomic mass is 16.8. The van der Waals surface area contributed by atoms with Crippen LogP contribution in [0.3, 0.4) is 0 Å². The van der Waals surface area contributed by atoms with E-state index in [0.29, 0.717) is 36.0 Å². The van der Waals surface area contributed by atoms with Crippen molar-refractivity contribution in [2.75, 3.05) is 0 Å². The summed E-state index contributed by atoms with van der Waals surface area (Å²) in [5.41, 5.74) is 4.91. The van der Waals surface area contributed by atoms with Crippen molar-refractivity contribution in [3.8, 4) is 17.2 Å². The zero-order valence-electron chi connectivity index (χ0n) is 45.2. The van der Waals surface area contributed by atoms with Crippen LogP contribution < -0.4 is 0 Å². The van der Waals surface area contributed by atoms with E-state index in [1.807, 2.05) is 58.9 Å². The molecule has 0 aromatic heterocycles. The Labute approximate surface area is 454 Å². The number of aryl methyl sites for hydroxylation is 4. The van der Waals surface area contributed by atoms with E-state index in [-0.39, 0.29) is 84.4 Å². The Bertz CT molecular complexity index is 2830. The highest BCUT2D eigenvalue weighted by Crippen LogP contribution is 2.33. The van der Waals surface area contributed by atoms with Crippen LogP contribution in [0.5, 0.6) is 17.2 Å².